The Morgan fingerprint density at radius 2 is 1.87 bits per heavy atom. The Kier molecular flexibility index (Phi) is 6.02. The Morgan fingerprint density at radius 3 is 2.48 bits per heavy atom. The SMILES string of the molecule is CC(C)(C)OC(=O)N1[C@H](CO)CC[C@@H]1COCc1ccccc1. The van der Waals surface area contributed by atoms with Crippen molar-refractivity contribution in [3.63, 3.8) is 0 Å². The quantitative estimate of drug-likeness (QED) is 0.906. The van der Waals surface area contributed by atoms with Crippen molar-refractivity contribution in [2.45, 2.75) is 57.9 Å². The molecule has 0 aromatic heterocycles. The Bertz CT molecular complexity index is 497. The van der Waals surface area contributed by atoms with Crippen molar-refractivity contribution in [2.75, 3.05) is 13.2 Å². The number of amides is 1. The van der Waals surface area contributed by atoms with E-state index in [4.69, 9.17) is 9.47 Å². The highest BCUT2D eigenvalue weighted by Gasteiger charge is 2.38. The third kappa shape index (κ3) is 5.22. The minimum atomic E-state index is -0.547. The van der Waals surface area contributed by atoms with Crippen LogP contribution in [-0.2, 0) is 16.1 Å². The molecular weight excluding hydrogens is 294 g/mol. The van der Waals surface area contributed by atoms with E-state index in [0.29, 0.717) is 13.2 Å². The summed E-state index contributed by atoms with van der Waals surface area (Å²) in [5.74, 6) is 0. The third-order valence-electron chi connectivity index (χ3n) is 3.86. The Hall–Kier alpha value is -1.59. The molecule has 1 aromatic rings. The first-order valence-corrected chi connectivity index (χ1v) is 8.14. The predicted octanol–water partition coefficient (Wildman–Crippen LogP) is 2.96. The first-order valence-electron chi connectivity index (χ1n) is 8.14. The van der Waals surface area contributed by atoms with E-state index in [1.165, 1.54) is 0 Å². The number of carbonyl (C=O) groups excluding carboxylic acids is 1. The Labute approximate surface area is 138 Å². The molecule has 0 radical (unpaired) electrons. The molecule has 2 atom stereocenters. The lowest BCUT2D eigenvalue weighted by Crippen LogP contribution is -2.47. The largest absolute Gasteiger partial charge is 0.444 e. The lowest BCUT2D eigenvalue weighted by Gasteiger charge is -2.31. The molecule has 1 saturated heterocycles. The fraction of sp³-hybridized carbons (Fsp3) is 0.611. The molecule has 128 valence electrons. The molecule has 1 N–H and O–H groups in total. The van der Waals surface area contributed by atoms with Gasteiger partial charge in [-0.15, -0.1) is 0 Å². The summed E-state index contributed by atoms with van der Waals surface area (Å²) in [5, 5.41) is 9.51. The van der Waals surface area contributed by atoms with Gasteiger partial charge in [0, 0.05) is 0 Å². The van der Waals surface area contributed by atoms with Crippen LogP contribution >= 0.6 is 0 Å². The number of ether oxygens (including phenoxy) is 2. The van der Waals surface area contributed by atoms with Crippen molar-refractivity contribution in [3.8, 4) is 0 Å². The second-order valence-corrected chi connectivity index (χ2v) is 6.96. The summed E-state index contributed by atoms with van der Waals surface area (Å²) >= 11 is 0. The van der Waals surface area contributed by atoms with Gasteiger partial charge in [0.05, 0.1) is 31.9 Å². The molecule has 0 unspecified atom stereocenters. The standard InChI is InChI=1S/C18H27NO4/c1-18(2,3)23-17(21)19-15(11-20)9-10-16(19)13-22-12-14-7-5-4-6-8-14/h4-8,15-16,20H,9-13H2,1-3H3/t15-,16+/m0/s1. The van der Waals surface area contributed by atoms with Gasteiger partial charge in [-0.1, -0.05) is 30.3 Å². The summed E-state index contributed by atoms with van der Waals surface area (Å²) in [5.41, 5.74) is 0.558. The normalized spacial score (nSPS) is 21.5. The molecule has 0 aliphatic carbocycles. The second-order valence-electron chi connectivity index (χ2n) is 6.96. The molecule has 5 nitrogen and oxygen atoms in total. The smallest absolute Gasteiger partial charge is 0.410 e. The monoisotopic (exact) mass is 321 g/mol. The lowest BCUT2D eigenvalue weighted by molar-refractivity contribution is -0.00545. The first-order chi connectivity index (χ1) is 10.9. The van der Waals surface area contributed by atoms with E-state index in [-0.39, 0.29) is 24.8 Å². The number of hydrogen-bond donors (Lipinski definition) is 1. The highest BCUT2D eigenvalue weighted by Crippen LogP contribution is 2.26. The summed E-state index contributed by atoms with van der Waals surface area (Å²) in [4.78, 5) is 14.1. The number of rotatable bonds is 5. The lowest BCUT2D eigenvalue weighted by atomic mass is 10.2. The van der Waals surface area contributed by atoms with Gasteiger partial charge in [-0.3, -0.25) is 4.90 Å². The maximum atomic E-state index is 12.4. The molecular formula is C18H27NO4. The molecule has 5 heteroatoms. The number of aliphatic hydroxyl groups excluding tert-OH is 1. The van der Waals surface area contributed by atoms with Crippen molar-refractivity contribution in [1.82, 2.24) is 4.90 Å². The van der Waals surface area contributed by atoms with Crippen LogP contribution < -0.4 is 0 Å². The molecule has 1 aliphatic heterocycles. The molecule has 1 aliphatic rings. The number of likely N-dealkylation sites (tertiary alicyclic amines) is 1. The van der Waals surface area contributed by atoms with Crippen LogP contribution in [0.5, 0.6) is 0 Å². The van der Waals surface area contributed by atoms with Gasteiger partial charge >= 0.3 is 6.09 Å². The Morgan fingerprint density at radius 1 is 1.22 bits per heavy atom. The average Bonchev–Trinajstić information content (AvgIpc) is 2.90. The zero-order valence-electron chi connectivity index (χ0n) is 14.2. The maximum absolute atomic E-state index is 12.4. The van der Waals surface area contributed by atoms with Crippen LogP contribution in [-0.4, -0.2) is 47.0 Å². The van der Waals surface area contributed by atoms with E-state index in [1.807, 2.05) is 51.1 Å². The minimum Gasteiger partial charge on any atom is -0.444 e. The molecule has 1 heterocycles. The van der Waals surface area contributed by atoms with Crippen LogP contribution in [0.3, 0.4) is 0 Å². The maximum Gasteiger partial charge on any atom is 0.410 e. The molecule has 0 bridgehead atoms. The molecule has 1 fully saturated rings. The van der Waals surface area contributed by atoms with Crippen LogP contribution in [0, 0.1) is 0 Å². The minimum absolute atomic E-state index is 0.0472. The molecule has 0 spiro atoms. The van der Waals surface area contributed by atoms with Crippen molar-refractivity contribution < 1.29 is 19.4 Å². The van der Waals surface area contributed by atoms with Gasteiger partial charge in [-0.2, -0.15) is 0 Å². The molecule has 0 saturated carbocycles. The zero-order chi connectivity index (χ0) is 16.9. The highest BCUT2D eigenvalue weighted by atomic mass is 16.6. The molecule has 2 rings (SSSR count). The summed E-state index contributed by atoms with van der Waals surface area (Å²) in [6.07, 6.45) is 1.22. The fourth-order valence-electron chi connectivity index (χ4n) is 2.80. The van der Waals surface area contributed by atoms with E-state index >= 15 is 0 Å². The van der Waals surface area contributed by atoms with Crippen LogP contribution in [0.1, 0.15) is 39.2 Å². The number of hydrogen-bond acceptors (Lipinski definition) is 4. The van der Waals surface area contributed by atoms with Gasteiger partial charge in [-0.05, 0) is 39.2 Å². The molecule has 1 aromatic carbocycles. The molecule has 1 amide bonds. The van der Waals surface area contributed by atoms with Gasteiger partial charge < -0.3 is 14.6 Å². The van der Waals surface area contributed by atoms with Crippen molar-refractivity contribution in [3.05, 3.63) is 35.9 Å². The topological polar surface area (TPSA) is 59.0 Å². The van der Waals surface area contributed by atoms with Gasteiger partial charge in [0.25, 0.3) is 0 Å². The predicted molar refractivity (Wildman–Crippen MR) is 88.1 cm³/mol. The average molecular weight is 321 g/mol. The van der Waals surface area contributed by atoms with Crippen LogP contribution in [0.15, 0.2) is 30.3 Å². The van der Waals surface area contributed by atoms with Crippen LogP contribution in [0.25, 0.3) is 0 Å². The molecule has 23 heavy (non-hydrogen) atoms. The summed E-state index contributed by atoms with van der Waals surface area (Å²) in [7, 11) is 0. The number of benzene rings is 1. The van der Waals surface area contributed by atoms with Gasteiger partial charge in [-0.25, -0.2) is 4.79 Å². The van der Waals surface area contributed by atoms with Crippen molar-refractivity contribution in [2.24, 2.45) is 0 Å². The van der Waals surface area contributed by atoms with E-state index in [9.17, 15) is 9.90 Å². The van der Waals surface area contributed by atoms with Gasteiger partial charge in [0.2, 0.25) is 0 Å². The second kappa shape index (κ2) is 7.79. The van der Waals surface area contributed by atoms with Crippen LogP contribution in [0.4, 0.5) is 4.79 Å². The van der Waals surface area contributed by atoms with E-state index in [1.54, 1.807) is 4.90 Å². The van der Waals surface area contributed by atoms with Crippen molar-refractivity contribution >= 4 is 6.09 Å². The van der Waals surface area contributed by atoms with Gasteiger partial charge in [0.15, 0.2) is 0 Å². The summed E-state index contributed by atoms with van der Waals surface area (Å²) in [6.45, 7) is 6.45. The van der Waals surface area contributed by atoms with E-state index < -0.39 is 5.60 Å². The van der Waals surface area contributed by atoms with Gasteiger partial charge in [0.1, 0.15) is 5.60 Å². The Balaban J connectivity index is 1.92. The first kappa shape index (κ1) is 17.8. The van der Waals surface area contributed by atoms with E-state index in [2.05, 4.69) is 0 Å². The summed E-state index contributed by atoms with van der Waals surface area (Å²) in [6, 6.07) is 9.71. The van der Waals surface area contributed by atoms with E-state index in [0.717, 1.165) is 18.4 Å². The number of carbonyl (C=O) groups is 1. The number of nitrogens with zero attached hydrogens (tertiary/aromatic N) is 1. The summed E-state index contributed by atoms with van der Waals surface area (Å²) < 4.78 is 11.2. The fourth-order valence-corrected chi connectivity index (χ4v) is 2.80. The third-order valence-corrected chi connectivity index (χ3v) is 3.86. The number of aliphatic hydroxyl groups is 1. The van der Waals surface area contributed by atoms with Crippen LogP contribution in [0.2, 0.25) is 0 Å². The zero-order valence-corrected chi connectivity index (χ0v) is 14.2. The highest BCUT2D eigenvalue weighted by molar-refractivity contribution is 5.69. The van der Waals surface area contributed by atoms with Crippen molar-refractivity contribution in [1.29, 1.82) is 0 Å².